The van der Waals surface area contributed by atoms with Crippen molar-refractivity contribution >= 4 is 40.7 Å². The van der Waals surface area contributed by atoms with Crippen molar-refractivity contribution in [3.05, 3.63) is 98.0 Å². The zero-order chi connectivity index (χ0) is 28.4. The highest BCUT2D eigenvalue weighted by molar-refractivity contribution is 6.35. The molecule has 0 spiro atoms. The average molecular weight is 574 g/mol. The molecule has 1 atom stereocenters. The van der Waals surface area contributed by atoms with Gasteiger partial charge < -0.3 is 19.7 Å². The van der Waals surface area contributed by atoms with E-state index < -0.39 is 23.5 Å². The van der Waals surface area contributed by atoms with E-state index in [-0.39, 0.29) is 36.1 Å². The zero-order valence-corrected chi connectivity index (χ0v) is 23.1. The summed E-state index contributed by atoms with van der Waals surface area (Å²) in [5, 5.41) is 14.9. The smallest absolute Gasteiger partial charge is 0.311 e. The largest absolute Gasteiger partial charge is 0.490 e. The van der Waals surface area contributed by atoms with Crippen molar-refractivity contribution in [3.8, 4) is 11.5 Å². The molecule has 0 saturated heterocycles. The molecule has 2 amide bonds. The van der Waals surface area contributed by atoms with Gasteiger partial charge in [0, 0.05) is 41.7 Å². The molecule has 206 valence electrons. The van der Waals surface area contributed by atoms with Crippen LogP contribution in [0.25, 0.3) is 0 Å². The van der Waals surface area contributed by atoms with Gasteiger partial charge in [-0.2, -0.15) is 0 Å². The van der Waals surface area contributed by atoms with E-state index in [1.54, 1.807) is 18.2 Å². The summed E-state index contributed by atoms with van der Waals surface area (Å²) in [7, 11) is 1.30. The van der Waals surface area contributed by atoms with Crippen molar-refractivity contribution in [1.29, 1.82) is 0 Å². The Hall–Kier alpha value is -3.82. The van der Waals surface area contributed by atoms with Crippen LogP contribution in [0.5, 0.6) is 11.5 Å². The third kappa shape index (κ3) is 8.33. The van der Waals surface area contributed by atoms with Crippen LogP contribution < -0.4 is 14.8 Å². The Kier molecular flexibility index (Phi) is 11.0. The number of methoxy groups -OCH3 is 1. The molecule has 0 aromatic heterocycles. The van der Waals surface area contributed by atoms with Gasteiger partial charge in [-0.15, -0.1) is 0 Å². The predicted octanol–water partition coefficient (Wildman–Crippen LogP) is 5.46. The molecule has 3 aromatic carbocycles. The third-order valence-corrected chi connectivity index (χ3v) is 6.47. The number of hydrogen-bond acceptors (Lipinski definition) is 6. The minimum absolute atomic E-state index is 0.00403. The molecule has 0 saturated carbocycles. The first-order valence-corrected chi connectivity index (χ1v) is 13.0. The van der Waals surface area contributed by atoms with Crippen molar-refractivity contribution < 1.29 is 24.0 Å². The van der Waals surface area contributed by atoms with Crippen LogP contribution in [0, 0.1) is 10.1 Å². The molecule has 3 rings (SSSR count). The summed E-state index contributed by atoms with van der Waals surface area (Å²) in [6, 6.07) is 17.4. The number of nitrogens with one attached hydrogen (secondary N) is 1. The Morgan fingerprint density at radius 3 is 2.46 bits per heavy atom. The number of nitro benzene ring substituents is 1. The SMILES string of the molecule is CCCNC(=O)[C@H](Cc1ccccc1)N(Cc1ccc(Cl)cc1Cl)C(=O)COc1ccc([N+](=O)[O-])c(OC)c1. The molecule has 39 heavy (non-hydrogen) atoms. The Bertz CT molecular complexity index is 1310. The fourth-order valence-electron chi connectivity index (χ4n) is 3.88. The minimum atomic E-state index is -0.867. The molecular weight excluding hydrogens is 545 g/mol. The number of rotatable bonds is 13. The van der Waals surface area contributed by atoms with Crippen molar-refractivity contribution in [1.82, 2.24) is 10.2 Å². The highest BCUT2D eigenvalue weighted by Gasteiger charge is 2.31. The molecule has 0 heterocycles. The van der Waals surface area contributed by atoms with Gasteiger partial charge in [0.25, 0.3) is 5.91 Å². The highest BCUT2D eigenvalue weighted by Crippen LogP contribution is 2.31. The lowest BCUT2D eigenvalue weighted by molar-refractivity contribution is -0.385. The number of benzene rings is 3. The molecule has 3 aromatic rings. The molecule has 1 N–H and O–H groups in total. The highest BCUT2D eigenvalue weighted by atomic mass is 35.5. The maximum Gasteiger partial charge on any atom is 0.311 e. The topological polar surface area (TPSA) is 111 Å². The van der Waals surface area contributed by atoms with Gasteiger partial charge in [-0.25, -0.2) is 0 Å². The van der Waals surface area contributed by atoms with Crippen LogP contribution in [-0.2, 0) is 22.6 Å². The van der Waals surface area contributed by atoms with E-state index in [4.69, 9.17) is 32.7 Å². The number of nitrogens with zero attached hydrogens (tertiary/aromatic N) is 2. The standard InChI is InChI=1S/C28H29Cl2N3O6/c1-3-13-31-28(35)25(14-19-7-5-4-6-8-19)32(17-20-9-10-21(29)15-23(20)30)27(34)18-39-22-11-12-24(33(36)37)26(16-22)38-2/h4-12,15-16,25H,3,13-14,17-18H2,1-2H3,(H,31,35)/t25-/m0/s1. The van der Waals surface area contributed by atoms with E-state index in [0.29, 0.717) is 22.2 Å². The van der Waals surface area contributed by atoms with Gasteiger partial charge in [-0.3, -0.25) is 19.7 Å². The number of ether oxygens (including phenoxy) is 2. The number of nitro groups is 1. The maximum atomic E-state index is 13.7. The molecule has 0 fully saturated rings. The lowest BCUT2D eigenvalue weighted by Gasteiger charge is -2.31. The Labute approximate surface area is 236 Å². The first kappa shape index (κ1) is 29.7. The zero-order valence-electron chi connectivity index (χ0n) is 21.6. The summed E-state index contributed by atoms with van der Waals surface area (Å²) >= 11 is 12.5. The quantitative estimate of drug-likeness (QED) is 0.215. The van der Waals surface area contributed by atoms with E-state index in [1.165, 1.54) is 30.2 Å². The second kappa shape index (κ2) is 14.4. The molecule has 9 nitrogen and oxygen atoms in total. The van der Waals surface area contributed by atoms with E-state index in [1.807, 2.05) is 37.3 Å². The van der Waals surface area contributed by atoms with Gasteiger partial charge in [-0.05, 0) is 35.7 Å². The van der Waals surface area contributed by atoms with Crippen molar-refractivity contribution in [2.45, 2.75) is 32.4 Å². The molecule has 0 bridgehead atoms. The Balaban J connectivity index is 1.93. The van der Waals surface area contributed by atoms with E-state index in [9.17, 15) is 19.7 Å². The summed E-state index contributed by atoms with van der Waals surface area (Å²) in [5.41, 5.74) is 1.24. The molecule has 0 radical (unpaired) electrons. The van der Waals surface area contributed by atoms with Crippen LogP contribution in [0.3, 0.4) is 0 Å². The number of carbonyl (C=O) groups excluding carboxylic acids is 2. The normalized spacial score (nSPS) is 11.4. The van der Waals surface area contributed by atoms with Crippen molar-refractivity contribution in [3.63, 3.8) is 0 Å². The number of halogens is 2. The van der Waals surface area contributed by atoms with Gasteiger partial charge in [-0.1, -0.05) is 66.5 Å². The summed E-state index contributed by atoms with van der Waals surface area (Å²) in [4.78, 5) is 39.1. The van der Waals surface area contributed by atoms with Gasteiger partial charge >= 0.3 is 5.69 Å². The summed E-state index contributed by atoms with van der Waals surface area (Å²) < 4.78 is 10.8. The van der Waals surface area contributed by atoms with Gasteiger partial charge in [0.05, 0.1) is 12.0 Å². The van der Waals surface area contributed by atoms with Crippen LogP contribution >= 0.6 is 23.2 Å². The first-order chi connectivity index (χ1) is 18.7. The lowest BCUT2D eigenvalue weighted by atomic mass is 10.0. The van der Waals surface area contributed by atoms with Crippen molar-refractivity contribution in [2.24, 2.45) is 0 Å². The lowest BCUT2D eigenvalue weighted by Crippen LogP contribution is -2.51. The van der Waals surface area contributed by atoms with E-state index in [2.05, 4.69) is 5.32 Å². The first-order valence-electron chi connectivity index (χ1n) is 12.2. The molecule has 0 aliphatic rings. The summed E-state index contributed by atoms with van der Waals surface area (Å²) in [5.74, 6) is -0.594. The average Bonchev–Trinajstić information content (AvgIpc) is 2.93. The van der Waals surface area contributed by atoms with E-state index in [0.717, 1.165) is 12.0 Å². The number of carbonyl (C=O) groups is 2. The van der Waals surface area contributed by atoms with Crippen LogP contribution in [-0.4, -0.2) is 47.9 Å². The van der Waals surface area contributed by atoms with E-state index >= 15 is 0 Å². The Morgan fingerprint density at radius 1 is 1.08 bits per heavy atom. The van der Waals surface area contributed by atoms with Gasteiger partial charge in [0.15, 0.2) is 6.61 Å². The predicted molar refractivity (Wildman–Crippen MR) is 149 cm³/mol. The van der Waals surface area contributed by atoms with Crippen LogP contribution in [0.1, 0.15) is 24.5 Å². The molecule has 0 aliphatic heterocycles. The fraction of sp³-hybridized carbons (Fsp3) is 0.286. The maximum absolute atomic E-state index is 13.7. The second-order valence-corrected chi connectivity index (χ2v) is 9.48. The second-order valence-electron chi connectivity index (χ2n) is 8.63. The summed E-state index contributed by atoms with van der Waals surface area (Å²) in [6.45, 7) is 1.99. The monoisotopic (exact) mass is 573 g/mol. The van der Waals surface area contributed by atoms with Crippen molar-refractivity contribution in [2.75, 3.05) is 20.3 Å². The van der Waals surface area contributed by atoms with Gasteiger partial charge in [0.2, 0.25) is 11.7 Å². The molecule has 11 heteroatoms. The Morgan fingerprint density at radius 2 is 1.82 bits per heavy atom. The number of amides is 2. The van der Waals surface area contributed by atoms with Gasteiger partial charge in [0.1, 0.15) is 11.8 Å². The number of hydrogen-bond donors (Lipinski definition) is 1. The van der Waals surface area contributed by atoms with Crippen LogP contribution in [0.2, 0.25) is 10.0 Å². The minimum Gasteiger partial charge on any atom is -0.490 e. The summed E-state index contributed by atoms with van der Waals surface area (Å²) in [6.07, 6.45) is 0.991. The third-order valence-electron chi connectivity index (χ3n) is 5.89. The van der Waals surface area contributed by atoms with Crippen LogP contribution in [0.4, 0.5) is 5.69 Å². The molecule has 0 aliphatic carbocycles. The molecule has 0 unspecified atom stereocenters. The van der Waals surface area contributed by atoms with Crippen LogP contribution in [0.15, 0.2) is 66.7 Å². The molecular formula is C28H29Cl2N3O6. The fourth-order valence-corrected chi connectivity index (χ4v) is 4.35.